The summed E-state index contributed by atoms with van der Waals surface area (Å²) in [7, 11) is 0. The minimum atomic E-state index is 0.387. The topological polar surface area (TPSA) is 50.7 Å². The third-order valence-electron chi connectivity index (χ3n) is 3.12. The molecule has 1 aliphatic carbocycles. The molecule has 6 heteroatoms. The summed E-state index contributed by atoms with van der Waals surface area (Å²) < 4.78 is 0.855. The Morgan fingerprint density at radius 2 is 2.32 bits per heavy atom. The second-order valence-corrected chi connectivity index (χ2v) is 6.60. The molecule has 2 heterocycles. The molecular formula is C13H15BrN4S. The van der Waals surface area contributed by atoms with Crippen LogP contribution in [0.3, 0.4) is 0 Å². The van der Waals surface area contributed by atoms with Gasteiger partial charge in [-0.25, -0.2) is 15.0 Å². The number of hydrogen-bond acceptors (Lipinski definition) is 5. The molecule has 1 aliphatic rings. The summed E-state index contributed by atoms with van der Waals surface area (Å²) >= 11 is 5.15. The molecule has 4 nitrogen and oxygen atoms in total. The molecule has 2 aromatic rings. The number of hydrogen-bond donors (Lipinski definition) is 1. The highest BCUT2D eigenvalue weighted by Gasteiger charge is 2.27. The molecule has 0 amide bonds. The van der Waals surface area contributed by atoms with Crippen LogP contribution in [0.5, 0.6) is 0 Å². The van der Waals surface area contributed by atoms with E-state index in [2.05, 4.69) is 43.1 Å². The van der Waals surface area contributed by atoms with Crippen molar-refractivity contribution in [3.8, 4) is 0 Å². The predicted octanol–water partition coefficient (Wildman–Crippen LogP) is 3.79. The highest BCUT2D eigenvalue weighted by molar-refractivity contribution is 9.10. The van der Waals surface area contributed by atoms with E-state index in [0.29, 0.717) is 11.8 Å². The van der Waals surface area contributed by atoms with E-state index in [9.17, 15) is 0 Å². The van der Waals surface area contributed by atoms with Gasteiger partial charge in [0.15, 0.2) is 0 Å². The number of thiazole rings is 1. The standard InChI is InChI=1S/C13H15BrN4S/c1-8(13-15-4-5-19-13)7-16-11-6-10(14)17-12(18-11)9-2-3-9/h4-6,8-9H,2-3,7H2,1H3,(H,16,17,18). The van der Waals surface area contributed by atoms with E-state index in [0.717, 1.165) is 27.8 Å². The minimum Gasteiger partial charge on any atom is -0.369 e. The maximum absolute atomic E-state index is 4.58. The summed E-state index contributed by atoms with van der Waals surface area (Å²) in [4.78, 5) is 13.3. The van der Waals surface area contributed by atoms with E-state index >= 15 is 0 Å². The Labute approximate surface area is 124 Å². The molecule has 3 rings (SSSR count). The van der Waals surface area contributed by atoms with Gasteiger partial charge in [-0.05, 0) is 28.8 Å². The van der Waals surface area contributed by atoms with Crippen molar-refractivity contribution in [1.82, 2.24) is 15.0 Å². The highest BCUT2D eigenvalue weighted by atomic mass is 79.9. The summed E-state index contributed by atoms with van der Waals surface area (Å²) in [6.45, 7) is 3.00. The zero-order chi connectivity index (χ0) is 13.2. The molecule has 0 saturated heterocycles. The second kappa shape index (κ2) is 5.54. The fraction of sp³-hybridized carbons (Fsp3) is 0.462. The SMILES string of the molecule is CC(CNc1cc(Br)nc(C2CC2)n1)c1nccs1. The van der Waals surface area contributed by atoms with Gasteiger partial charge in [-0.2, -0.15) is 0 Å². The average molecular weight is 339 g/mol. The normalized spacial score (nSPS) is 16.3. The number of nitrogens with one attached hydrogen (secondary N) is 1. The van der Waals surface area contributed by atoms with Crippen LogP contribution in [0.2, 0.25) is 0 Å². The minimum absolute atomic E-state index is 0.387. The predicted molar refractivity (Wildman–Crippen MR) is 80.7 cm³/mol. The van der Waals surface area contributed by atoms with E-state index in [4.69, 9.17) is 0 Å². The number of anilines is 1. The molecule has 19 heavy (non-hydrogen) atoms. The third kappa shape index (κ3) is 3.30. The van der Waals surface area contributed by atoms with E-state index in [1.54, 1.807) is 11.3 Å². The number of aromatic nitrogens is 3. The Morgan fingerprint density at radius 3 is 3.00 bits per heavy atom. The molecule has 1 saturated carbocycles. The summed E-state index contributed by atoms with van der Waals surface area (Å²) in [5.74, 6) is 2.80. The quantitative estimate of drug-likeness (QED) is 0.842. The number of nitrogens with zero attached hydrogens (tertiary/aromatic N) is 3. The van der Waals surface area contributed by atoms with Crippen LogP contribution >= 0.6 is 27.3 Å². The van der Waals surface area contributed by atoms with Crippen LogP contribution in [0, 0.1) is 0 Å². The molecule has 0 aromatic carbocycles. The molecule has 2 aromatic heterocycles. The van der Waals surface area contributed by atoms with Crippen molar-refractivity contribution in [3.63, 3.8) is 0 Å². The van der Waals surface area contributed by atoms with Crippen LogP contribution in [0.4, 0.5) is 5.82 Å². The maximum atomic E-state index is 4.58. The summed E-state index contributed by atoms with van der Waals surface area (Å²) in [5, 5.41) is 6.55. The van der Waals surface area contributed by atoms with Gasteiger partial charge < -0.3 is 5.32 Å². The average Bonchev–Trinajstić information content (AvgIpc) is 3.11. The van der Waals surface area contributed by atoms with Gasteiger partial charge in [0.1, 0.15) is 16.2 Å². The third-order valence-corrected chi connectivity index (χ3v) is 4.53. The van der Waals surface area contributed by atoms with Gasteiger partial charge in [0.25, 0.3) is 0 Å². The molecule has 0 bridgehead atoms. The Bertz CT molecular complexity index is 554. The molecule has 1 fully saturated rings. The molecule has 1 atom stereocenters. The lowest BCUT2D eigenvalue weighted by Crippen LogP contribution is -2.11. The molecule has 0 spiro atoms. The zero-order valence-electron chi connectivity index (χ0n) is 10.6. The van der Waals surface area contributed by atoms with Gasteiger partial charge in [-0.15, -0.1) is 11.3 Å². The first-order valence-electron chi connectivity index (χ1n) is 6.40. The zero-order valence-corrected chi connectivity index (χ0v) is 13.0. The molecule has 1 N–H and O–H groups in total. The van der Waals surface area contributed by atoms with Crippen LogP contribution < -0.4 is 5.32 Å². The largest absolute Gasteiger partial charge is 0.369 e. The van der Waals surface area contributed by atoms with E-state index in [-0.39, 0.29) is 0 Å². The Morgan fingerprint density at radius 1 is 1.47 bits per heavy atom. The number of halogens is 1. The van der Waals surface area contributed by atoms with Crippen molar-refractivity contribution in [1.29, 1.82) is 0 Å². The van der Waals surface area contributed by atoms with Crippen LogP contribution in [0.1, 0.15) is 42.4 Å². The molecule has 100 valence electrons. The lowest BCUT2D eigenvalue weighted by atomic mass is 10.2. The Balaban J connectivity index is 1.66. The molecule has 0 radical (unpaired) electrons. The van der Waals surface area contributed by atoms with Crippen LogP contribution in [-0.4, -0.2) is 21.5 Å². The fourth-order valence-corrected chi connectivity index (χ4v) is 2.97. The first kappa shape index (κ1) is 13.0. The molecular weight excluding hydrogens is 324 g/mol. The molecule has 1 unspecified atom stereocenters. The smallest absolute Gasteiger partial charge is 0.135 e. The van der Waals surface area contributed by atoms with E-state index in [1.807, 2.05) is 17.6 Å². The van der Waals surface area contributed by atoms with Gasteiger partial charge >= 0.3 is 0 Å². The van der Waals surface area contributed by atoms with Crippen molar-refractivity contribution >= 4 is 33.1 Å². The highest BCUT2D eigenvalue weighted by Crippen LogP contribution is 2.38. The van der Waals surface area contributed by atoms with Crippen molar-refractivity contribution in [2.45, 2.75) is 31.6 Å². The second-order valence-electron chi connectivity index (χ2n) is 4.86. The van der Waals surface area contributed by atoms with Crippen molar-refractivity contribution < 1.29 is 0 Å². The van der Waals surface area contributed by atoms with Gasteiger partial charge in [0, 0.05) is 36.0 Å². The van der Waals surface area contributed by atoms with E-state index in [1.165, 1.54) is 12.8 Å². The first-order chi connectivity index (χ1) is 9.22. The van der Waals surface area contributed by atoms with Crippen LogP contribution in [0.15, 0.2) is 22.2 Å². The molecule has 0 aliphatic heterocycles. The lowest BCUT2D eigenvalue weighted by Gasteiger charge is -2.11. The first-order valence-corrected chi connectivity index (χ1v) is 8.07. The summed E-state index contributed by atoms with van der Waals surface area (Å²) in [6, 6.07) is 1.93. The van der Waals surface area contributed by atoms with Gasteiger partial charge in [0.05, 0.1) is 5.01 Å². The van der Waals surface area contributed by atoms with Crippen molar-refractivity contribution in [3.05, 3.63) is 33.1 Å². The van der Waals surface area contributed by atoms with E-state index < -0.39 is 0 Å². The number of rotatable bonds is 5. The summed E-state index contributed by atoms with van der Waals surface area (Å²) in [6.07, 6.45) is 4.28. The van der Waals surface area contributed by atoms with Crippen LogP contribution in [-0.2, 0) is 0 Å². The monoisotopic (exact) mass is 338 g/mol. The van der Waals surface area contributed by atoms with Crippen molar-refractivity contribution in [2.24, 2.45) is 0 Å². The fourth-order valence-electron chi connectivity index (χ4n) is 1.87. The van der Waals surface area contributed by atoms with Crippen molar-refractivity contribution in [2.75, 3.05) is 11.9 Å². The Hall–Kier alpha value is -1.01. The van der Waals surface area contributed by atoms with Gasteiger partial charge in [-0.1, -0.05) is 6.92 Å². The van der Waals surface area contributed by atoms with Crippen LogP contribution in [0.25, 0.3) is 0 Å². The maximum Gasteiger partial charge on any atom is 0.135 e. The Kier molecular flexibility index (Phi) is 3.79. The lowest BCUT2D eigenvalue weighted by molar-refractivity contribution is 0.788. The van der Waals surface area contributed by atoms with Gasteiger partial charge in [0.2, 0.25) is 0 Å². The van der Waals surface area contributed by atoms with Gasteiger partial charge in [-0.3, -0.25) is 0 Å². The summed E-state index contributed by atoms with van der Waals surface area (Å²) in [5.41, 5.74) is 0.